The number of aliphatic hydroxyl groups is 1. The van der Waals surface area contributed by atoms with Crippen LogP contribution in [0.3, 0.4) is 0 Å². The first-order valence-electron chi connectivity index (χ1n) is 5.45. The van der Waals surface area contributed by atoms with Crippen molar-refractivity contribution in [1.82, 2.24) is 4.90 Å². The molecule has 1 rings (SSSR count). The first-order chi connectivity index (χ1) is 7.30. The second kappa shape index (κ2) is 4.75. The van der Waals surface area contributed by atoms with Gasteiger partial charge in [-0.2, -0.15) is 0 Å². The van der Waals surface area contributed by atoms with E-state index in [9.17, 15) is 9.67 Å². The molecular formula is C10H22NO4P. The highest BCUT2D eigenvalue weighted by atomic mass is 31.2. The highest BCUT2D eigenvalue weighted by molar-refractivity contribution is 7.55. The van der Waals surface area contributed by atoms with Crippen molar-refractivity contribution in [2.24, 2.45) is 5.92 Å². The largest absolute Gasteiger partial charge is 0.377 e. The number of piperidine rings is 1. The quantitative estimate of drug-likeness (QED) is 0.771. The van der Waals surface area contributed by atoms with Crippen molar-refractivity contribution in [3.05, 3.63) is 0 Å². The molecule has 0 aromatic heterocycles. The minimum Gasteiger partial charge on any atom is -0.377 e. The summed E-state index contributed by atoms with van der Waals surface area (Å²) in [6, 6.07) is 0.153. The van der Waals surface area contributed by atoms with Gasteiger partial charge in [0.25, 0.3) is 0 Å². The molecule has 1 heterocycles. The molecule has 1 fully saturated rings. The van der Waals surface area contributed by atoms with Gasteiger partial charge in [0.1, 0.15) is 0 Å². The fourth-order valence-electron chi connectivity index (χ4n) is 2.32. The molecule has 96 valence electrons. The van der Waals surface area contributed by atoms with Gasteiger partial charge in [-0.25, -0.2) is 0 Å². The standard InChI is InChI=1S/C10H22NO4P/c1-8-7-11(3)9(2)6-10(8,12)16(13,14-4)15-5/h8-9,12H,6-7H2,1-5H3/t8-,9+,10+/m1/s1. The molecule has 1 aliphatic heterocycles. The Balaban J connectivity index is 3.03. The molecule has 0 spiro atoms. The Morgan fingerprint density at radius 3 is 2.31 bits per heavy atom. The van der Waals surface area contributed by atoms with Crippen LogP contribution in [0.2, 0.25) is 0 Å². The lowest BCUT2D eigenvalue weighted by Gasteiger charge is -2.47. The minimum atomic E-state index is -3.46. The molecule has 1 saturated heterocycles. The van der Waals surface area contributed by atoms with Gasteiger partial charge in [0.15, 0.2) is 5.34 Å². The summed E-state index contributed by atoms with van der Waals surface area (Å²) in [7, 11) is 1.17. The molecule has 0 bridgehead atoms. The van der Waals surface area contributed by atoms with E-state index in [0.29, 0.717) is 13.0 Å². The Bertz CT molecular complexity index is 291. The third-order valence-corrected chi connectivity index (χ3v) is 6.19. The van der Waals surface area contributed by atoms with Crippen LogP contribution in [0.15, 0.2) is 0 Å². The Kier molecular flexibility index (Phi) is 4.19. The molecule has 0 aliphatic carbocycles. The minimum absolute atomic E-state index is 0.153. The van der Waals surface area contributed by atoms with E-state index in [4.69, 9.17) is 9.05 Å². The fraction of sp³-hybridized carbons (Fsp3) is 1.00. The first kappa shape index (κ1) is 14.1. The summed E-state index contributed by atoms with van der Waals surface area (Å²) in [6.45, 7) is 4.54. The van der Waals surface area contributed by atoms with Crippen LogP contribution in [0.5, 0.6) is 0 Å². The molecule has 0 aromatic carbocycles. The highest BCUT2D eigenvalue weighted by Crippen LogP contribution is 2.63. The SMILES string of the molecule is COP(=O)(OC)[C@@]1(O)C[C@H](C)N(C)C[C@H]1C. The van der Waals surface area contributed by atoms with Crippen LogP contribution >= 0.6 is 7.60 Å². The lowest BCUT2D eigenvalue weighted by Crippen LogP contribution is -2.53. The van der Waals surface area contributed by atoms with E-state index < -0.39 is 12.9 Å². The summed E-state index contributed by atoms with van der Waals surface area (Å²) in [4.78, 5) is 2.13. The first-order valence-corrected chi connectivity index (χ1v) is 6.99. The molecule has 0 unspecified atom stereocenters. The van der Waals surface area contributed by atoms with Gasteiger partial charge in [-0.05, 0) is 14.0 Å². The van der Waals surface area contributed by atoms with Crippen LogP contribution in [-0.2, 0) is 13.6 Å². The van der Waals surface area contributed by atoms with Crippen molar-refractivity contribution in [3.8, 4) is 0 Å². The fourth-order valence-corrected chi connectivity index (χ4v) is 4.21. The van der Waals surface area contributed by atoms with Crippen molar-refractivity contribution in [3.63, 3.8) is 0 Å². The van der Waals surface area contributed by atoms with E-state index >= 15 is 0 Å². The van der Waals surface area contributed by atoms with Crippen LogP contribution < -0.4 is 0 Å². The van der Waals surface area contributed by atoms with Gasteiger partial charge in [0.2, 0.25) is 0 Å². The summed E-state index contributed by atoms with van der Waals surface area (Å²) in [6.07, 6.45) is 0.392. The Morgan fingerprint density at radius 1 is 1.38 bits per heavy atom. The van der Waals surface area contributed by atoms with Gasteiger partial charge in [0, 0.05) is 39.1 Å². The molecular weight excluding hydrogens is 229 g/mol. The number of likely N-dealkylation sites (tertiary alicyclic amines) is 1. The highest BCUT2D eigenvalue weighted by Gasteiger charge is 2.55. The molecule has 0 saturated carbocycles. The van der Waals surface area contributed by atoms with E-state index in [1.807, 2.05) is 20.9 Å². The van der Waals surface area contributed by atoms with Crippen molar-refractivity contribution in [2.45, 2.75) is 31.7 Å². The summed E-state index contributed by atoms with van der Waals surface area (Å²) in [5.41, 5.74) is 0. The Hall–Kier alpha value is 0.0700. The summed E-state index contributed by atoms with van der Waals surface area (Å²) >= 11 is 0. The Morgan fingerprint density at radius 2 is 1.88 bits per heavy atom. The zero-order valence-corrected chi connectivity index (χ0v) is 11.5. The molecule has 0 radical (unpaired) electrons. The topological polar surface area (TPSA) is 59.0 Å². The van der Waals surface area contributed by atoms with Crippen molar-refractivity contribution < 1.29 is 18.7 Å². The molecule has 1 N–H and O–H groups in total. The van der Waals surface area contributed by atoms with Gasteiger partial charge >= 0.3 is 7.60 Å². The predicted octanol–water partition coefficient (Wildman–Crippen LogP) is 1.52. The van der Waals surface area contributed by atoms with Crippen LogP contribution in [0.1, 0.15) is 20.3 Å². The van der Waals surface area contributed by atoms with Crippen LogP contribution in [-0.4, -0.2) is 49.2 Å². The predicted molar refractivity (Wildman–Crippen MR) is 62.4 cm³/mol. The maximum atomic E-state index is 12.4. The summed E-state index contributed by atoms with van der Waals surface area (Å²) < 4.78 is 22.3. The average Bonchev–Trinajstić information content (AvgIpc) is 2.25. The van der Waals surface area contributed by atoms with Crippen LogP contribution in [0.25, 0.3) is 0 Å². The molecule has 3 atom stereocenters. The van der Waals surface area contributed by atoms with Gasteiger partial charge in [-0.1, -0.05) is 6.92 Å². The number of nitrogens with zero attached hydrogens (tertiary/aromatic N) is 1. The van der Waals surface area contributed by atoms with E-state index in [1.54, 1.807) is 0 Å². The lowest BCUT2D eigenvalue weighted by molar-refractivity contribution is -0.0376. The van der Waals surface area contributed by atoms with Crippen molar-refractivity contribution in [1.29, 1.82) is 0 Å². The average molecular weight is 251 g/mol. The Labute approximate surface area is 97.3 Å². The zero-order valence-electron chi connectivity index (χ0n) is 10.6. The second-order valence-electron chi connectivity index (χ2n) is 4.63. The number of hydrogen-bond donors (Lipinski definition) is 1. The zero-order chi connectivity index (χ0) is 12.6. The third kappa shape index (κ3) is 2.07. The van der Waals surface area contributed by atoms with E-state index in [1.165, 1.54) is 14.2 Å². The van der Waals surface area contributed by atoms with E-state index in [0.717, 1.165) is 0 Å². The normalized spacial score (nSPS) is 37.6. The number of hydrogen-bond acceptors (Lipinski definition) is 5. The van der Waals surface area contributed by atoms with Crippen LogP contribution in [0, 0.1) is 5.92 Å². The van der Waals surface area contributed by atoms with Gasteiger partial charge < -0.3 is 19.1 Å². The lowest BCUT2D eigenvalue weighted by atomic mass is 9.91. The molecule has 1 aliphatic rings. The van der Waals surface area contributed by atoms with E-state index in [2.05, 4.69) is 4.90 Å². The summed E-state index contributed by atoms with van der Waals surface area (Å²) in [5.74, 6) is -0.153. The molecule has 0 amide bonds. The molecule has 6 heteroatoms. The molecule has 5 nitrogen and oxygen atoms in total. The molecule has 0 aromatic rings. The number of rotatable bonds is 3. The maximum absolute atomic E-state index is 12.4. The van der Waals surface area contributed by atoms with Crippen LogP contribution in [0.4, 0.5) is 0 Å². The monoisotopic (exact) mass is 251 g/mol. The summed E-state index contributed by atoms with van der Waals surface area (Å²) in [5, 5.41) is 9.22. The van der Waals surface area contributed by atoms with Crippen molar-refractivity contribution in [2.75, 3.05) is 27.8 Å². The third-order valence-electron chi connectivity index (χ3n) is 3.65. The van der Waals surface area contributed by atoms with Gasteiger partial charge in [0.05, 0.1) is 0 Å². The van der Waals surface area contributed by atoms with Gasteiger partial charge in [-0.3, -0.25) is 4.57 Å². The van der Waals surface area contributed by atoms with E-state index in [-0.39, 0.29) is 12.0 Å². The molecule has 16 heavy (non-hydrogen) atoms. The smallest absolute Gasteiger partial charge is 0.361 e. The maximum Gasteiger partial charge on any atom is 0.361 e. The van der Waals surface area contributed by atoms with Crippen molar-refractivity contribution >= 4 is 7.60 Å². The second-order valence-corrected chi connectivity index (χ2v) is 7.13. The van der Waals surface area contributed by atoms with Gasteiger partial charge in [-0.15, -0.1) is 0 Å².